The second kappa shape index (κ2) is 4.35. The zero-order chi connectivity index (χ0) is 11.5. The summed E-state index contributed by atoms with van der Waals surface area (Å²) in [6.07, 6.45) is 5.47. The Morgan fingerprint density at radius 3 is 3.12 bits per heavy atom. The molecule has 2 heterocycles. The van der Waals surface area contributed by atoms with Gasteiger partial charge in [-0.1, -0.05) is 0 Å². The van der Waals surface area contributed by atoms with E-state index in [1.807, 2.05) is 29.9 Å². The minimum atomic E-state index is -0.738. The molecule has 0 aliphatic heterocycles. The van der Waals surface area contributed by atoms with E-state index in [1.54, 1.807) is 6.20 Å². The molecule has 0 amide bonds. The Hall–Kier alpha value is -1.84. The standard InChI is InChI=1S/C12H14N2O2/c1-14-8-9(4-2-6-11(15)16)10-5-3-7-13-12(10)14/h3,5,7-8H,2,4,6H2,1H3,(H,15,16). The van der Waals surface area contributed by atoms with Crippen LogP contribution in [0, 0.1) is 0 Å². The molecule has 0 aliphatic carbocycles. The molecule has 2 aromatic rings. The first-order valence-corrected chi connectivity index (χ1v) is 5.29. The van der Waals surface area contributed by atoms with Gasteiger partial charge >= 0.3 is 5.97 Å². The highest BCUT2D eigenvalue weighted by Crippen LogP contribution is 2.19. The third-order valence-corrected chi connectivity index (χ3v) is 2.65. The minimum absolute atomic E-state index is 0.219. The first-order valence-electron chi connectivity index (χ1n) is 5.29. The SMILES string of the molecule is Cn1cc(CCCC(=O)O)c2cccnc21. The Kier molecular flexibility index (Phi) is 2.90. The van der Waals surface area contributed by atoms with E-state index >= 15 is 0 Å². The molecule has 0 saturated heterocycles. The third kappa shape index (κ3) is 2.05. The van der Waals surface area contributed by atoms with Crippen molar-refractivity contribution >= 4 is 17.0 Å². The van der Waals surface area contributed by atoms with Gasteiger partial charge in [-0.15, -0.1) is 0 Å². The van der Waals surface area contributed by atoms with Gasteiger partial charge in [-0.2, -0.15) is 0 Å². The summed E-state index contributed by atoms with van der Waals surface area (Å²) in [5.41, 5.74) is 2.12. The monoisotopic (exact) mass is 218 g/mol. The molecular weight excluding hydrogens is 204 g/mol. The lowest BCUT2D eigenvalue weighted by Gasteiger charge is -1.96. The van der Waals surface area contributed by atoms with Crippen molar-refractivity contribution in [1.82, 2.24) is 9.55 Å². The molecular formula is C12H14N2O2. The molecule has 84 valence electrons. The maximum Gasteiger partial charge on any atom is 0.303 e. The number of carbonyl (C=O) groups is 1. The molecule has 1 N–H and O–H groups in total. The summed E-state index contributed by atoms with van der Waals surface area (Å²) in [5.74, 6) is -0.738. The predicted molar refractivity (Wildman–Crippen MR) is 61.3 cm³/mol. The first kappa shape index (κ1) is 10.7. The summed E-state index contributed by atoms with van der Waals surface area (Å²) in [4.78, 5) is 14.7. The highest BCUT2D eigenvalue weighted by atomic mass is 16.4. The van der Waals surface area contributed by atoms with Crippen molar-refractivity contribution in [1.29, 1.82) is 0 Å². The maximum atomic E-state index is 10.4. The normalized spacial score (nSPS) is 10.8. The summed E-state index contributed by atoms with van der Waals surface area (Å²) in [7, 11) is 1.95. The van der Waals surface area contributed by atoms with Gasteiger partial charge in [0.25, 0.3) is 0 Å². The summed E-state index contributed by atoms with van der Waals surface area (Å²) in [6.45, 7) is 0. The molecule has 2 rings (SSSR count). The van der Waals surface area contributed by atoms with Gasteiger partial charge in [-0.05, 0) is 30.5 Å². The third-order valence-electron chi connectivity index (χ3n) is 2.65. The first-order chi connectivity index (χ1) is 7.68. The number of rotatable bonds is 4. The topological polar surface area (TPSA) is 55.1 Å². The van der Waals surface area contributed by atoms with Crippen LogP contribution in [0.4, 0.5) is 0 Å². The van der Waals surface area contributed by atoms with Crippen molar-refractivity contribution in [2.45, 2.75) is 19.3 Å². The molecule has 0 aliphatic rings. The van der Waals surface area contributed by atoms with E-state index in [9.17, 15) is 4.79 Å². The Morgan fingerprint density at radius 1 is 1.56 bits per heavy atom. The largest absolute Gasteiger partial charge is 0.481 e. The van der Waals surface area contributed by atoms with Gasteiger partial charge < -0.3 is 9.67 Å². The Morgan fingerprint density at radius 2 is 2.38 bits per heavy atom. The fraction of sp³-hybridized carbons (Fsp3) is 0.333. The smallest absolute Gasteiger partial charge is 0.303 e. The molecule has 0 spiro atoms. The highest BCUT2D eigenvalue weighted by Gasteiger charge is 2.07. The fourth-order valence-corrected chi connectivity index (χ4v) is 1.92. The van der Waals surface area contributed by atoms with Gasteiger partial charge in [-0.25, -0.2) is 4.98 Å². The van der Waals surface area contributed by atoms with Gasteiger partial charge in [-0.3, -0.25) is 4.79 Å². The second-order valence-electron chi connectivity index (χ2n) is 3.89. The lowest BCUT2D eigenvalue weighted by Crippen LogP contribution is -1.95. The van der Waals surface area contributed by atoms with Crippen LogP contribution in [0.15, 0.2) is 24.5 Å². The zero-order valence-corrected chi connectivity index (χ0v) is 9.18. The van der Waals surface area contributed by atoms with E-state index in [4.69, 9.17) is 5.11 Å². The van der Waals surface area contributed by atoms with Crippen molar-refractivity contribution < 1.29 is 9.90 Å². The summed E-state index contributed by atoms with van der Waals surface area (Å²) >= 11 is 0. The number of carboxylic acids is 1. The molecule has 2 aromatic heterocycles. The Labute approximate surface area is 93.5 Å². The number of nitrogens with zero attached hydrogens (tertiary/aromatic N) is 2. The Bertz CT molecular complexity index is 517. The van der Waals surface area contributed by atoms with E-state index in [0.29, 0.717) is 6.42 Å². The van der Waals surface area contributed by atoms with Crippen molar-refractivity contribution in [3.63, 3.8) is 0 Å². The number of hydrogen-bond acceptors (Lipinski definition) is 2. The van der Waals surface area contributed by atoms with Crippen LogP contribution < -0.4 is 0 Å². The quantitative estimate of drug-likeness (QED) is 0.853. The molecule has 0 saturated carbocycles. The average molecular weight is 218 g/mol. The number of pyridine rings is 1. The van der Waals surface area contributed by atoms with Crippen LogP contribution in [-0.4, -0.2) is 20.6 Å². The van der Waals surface area contributed by atoms with E-state index in [2.05, 4.69) is 4.98 Å². The van der Waals surface area contributed by atoms with E-state index in [1.165, 1.54) is 5.56 Å². The molecule has 0 unspecified atom stereocenters. The molecule has 0 fully saturated rings. The predicted octanol–water partition coefficient (Wildman–Crippen LogP) is 1.98. The number of aromatic nitrogens is 2. The van der Waals surface area contributed by atoms with Crippen LogP contribution in [0.3, 0.4) is 0 Å². The molecule has 0 aromatic carbocycles. The summed E-state index contributed by atoms with van der Waals surface area (Å²) in [6, 6.07) is 3.93. The van der Waals surface area contributed by atoms with E-state index < -0.39 is 5.97 Å². The molecule has 0 atom stereocenters. The van der Waals surface area contributed by atoms with Gasteiger partial charge in [0.05, 0.1) is 0 Å². The van der Waals surface area contributed by atoms with Crippen molar-refractivity contribution in [3.8, 4) is 0 Å². The van der Waals surface area contributed by atoms with Crippen LogP contribution in [-0.2, 0) is 18.3 Å². The van der Waals surface area contributed by atoms with Gasteiger partial charge in [0, 0.05) is 31.2 Å². The number of fused-ring (bicyclic) bond motifs is 1. The molecule has 4 nitrogen and oxygen atoms in total. The van der Waals surface area contributed by atoms with Crippen molar-refractivity contribution in [3.05, 3.63) is 30.1 Å². The lowest BCUT2D eigenvalue weighted by atomic mass is 10.1. The van der Waals surface area contributed by atoms with Crippen LogP contribution in [0.5, 0.6) is 0 Å². The number of aryl methyl sites for hydroxylation is 2. The fourth-order valence-electron chi connectivity index (χ4n) is 1.92. The molecule has 0 radical (unpaired) electrons. The van der Waals surface area contributed by atoms with Gasteiger partial charge in [0.15, 0.2) is 0 Å². The zero-order valence-electron chi connectivity index (χ0n) is 9.18. The van der Waals surface area contributed by atoms with E-state index in [0.717, 1.165) is 17.5 Å². The van der Waals surface area contributed by atoms with Crippen LogP contribution >= 0.6 is 0 Å². The second-order valence-corrected chi connectivity index (χ2v) is 3.89. The molecule has 16 heavy (non-hydrogen) atoms. The van der Waals surface area contributed by atoms with Crippen molar-refractivity contribution in [2.75, 3.05) is 0 Å². The Balaban J connectivity index is 2.21. The minimum Gasteiger partial charge on any atom is -0.481 e. The summed E-state index contributed by atoms with van der Waals surface area (Å²) < 4.78 is 1.98. The molecule has 0 bridgehead atoms. The van der Waals surface area contributed by atoms with Crippen LogP contribution in [0.25, 0.3) is 11.0 Å². The number of hydrogen-bond donors (Lipinski definition) is 1. The number of aliphatic carboxylic acids is 1. The van der Waals surface area contributed by atoms with Crippen LogP contribution in [0.1, 0.15) is 18.4 Å². The van der Waals surface area contributed by atoms with Crippen molar-refractivity contribution in [2.24, 2.45) is 7.05 Å². The number of carboxylic acid groups (broad SMARTS) is 1. The van der Waals surface area contributed by atoms with Gasteiger partial charge in [0.2, 0.25) is 0 Å². The van der Waals surface area contributed by atoms with Gasteiger partial charge in [0.1, 0.15) is 5.65 Å². The average Bonchev–Trinajstić information content (AvgIpc) is 2.57. The highest BCUT2D eigenvalue weighted by molar-refractivity contribution is 5.80. The lowest BCUT2D eigenvalue weighted by molar-refractivity contribution is -0.137. The maximum absolute atomic E-state index is 10.4. The van der Waals surface area contributed by atoms with Crippen LogP contribution in [0.2, 0.25) is 0 Å². The molecule has 4 heteroatoms. The van der Waals surface area contributed by atoms with E-state index in [-0.39, 0.29) is 6.42 Å². The summed E-state index contributed by atoms with van der Waals surface area (Å²) in [5, 5.41) is 9.71.